The van der Waals surface area contributed by atoms with E-state index in [1.165, 1.54) is 40.0 Å². The number of ether oxygens (including phenoxy) is 2. The second kappa shape index (κ2) is 14.9. The van der Waals surface area contributed by atoms with Crippen molar-refractivity contribution in [3.8, 4) is 0 Å². The van der Waals surface area contributed by atoms with Gasteiger partial charge < -0.3 is 27.2 Å². The molecule has 1 atom stereocenters. The zero-order chi connectivity index (χ0) is 26.2. The lowest BCUT2D eigenvalue weighted by Crippen LogP contribution is -3.00. The molecule has 15 heteroatoms. The van der Waals surface area contributed by atoms with Crippen molar-refractivity contribution in [1.82, 2.24) is 20.1 Å². The van der Waals surface area contributed by atoms with Gasteiger partial charge in [-0.25, -0.2) is 18.6 Å². The van der Waals surface area contributed by atoms with Crippen molar-refractivity contribution in [1.29, 1.82) is 0 Å². The Morgan fingerprint density at radius 3 is 2.68 bits per heavy atom. The molecule has 0 fully saturated rings. The van der Waals surface area contributed by atoms with Crippen LogP contribution in [0.15, 0.2) is 49.2 Å². The van der Waals surface area contributed by atoms with E-state index < -0.39 is 35.7 Å². The molecule has 0 spiro atoms. The summed E-state index contributed by atoms with van der Waals surface area (Å²) < 4.78 is 40.5. The van der Waals surface area contributed by atoms with Crippen LogP contribution in [-0.2, 0) is 27.4 Å². The number of hydrogen-bond donors (Lipinski definition) is 1. The SMILES string of the molecule is CNCC(=O)OCc1cccnc1N(C)C(=O)OC(C)[n+]1cnn(CC(=O)c2cc(F)ccc2F)c1.Cl.[Cl-]. The Morgan fingerprint density at radius 1 is 1.24 bits per heavy atom. The first-order chi connectivity index (χ1) is 17.2. The normalized spacial score (nSPS) is 11.0. The van der Waals surface area contributed by atoms with Crippen molar-refractivity contribution in [2.75, 3.05) is 25.5 Å². The third kappa shape index (κ3) is 8.43. The Morgan fingerprint density at radius 2 is 1.97 bits per heavy atom. The van der Waals surface area contributed by atoms with Crippen LogP contribution in [0.2, 0.25) is 0 Å². The van der Waals surface area contributed by atoms with Crippen LogP contribution in [0, 0.1) is 11.6 Å². The molecule has 0 aliphatic rings. The third-order valence-corrected chi connectivity index (χ3v) is 4.99. The van der Waals surface area contributed by atoms with Crippen molar-refractivity contribution in [3.05, 3.63) is 71.9 Å². The molecular weight excluding hydrogens is 549 g/mol. The lowest BCUT2D eigenvalue weighted by atomic mass is 10.1. The van der Waals surface area contributed by atoms with Crippen molar-refractivity contribution in [2.45, 2.75) is 26.3 Å². The van der Waals surface area contributed by atoms with E-state index in [0.29, 0.717) is 5.56 Å². The molecule has 38 heavy (non-hydrogen) atoms. The second-order valence-corrected chi connectivity index (χ2v) is 7.66. The number of rotatable bonds is 10. The van der Waals surface area contributed by atoms with Crippen molar-refractivity contribution in [3.63, 3.8) is 0 Å². The number of pyridine rings is 1. The van der Waals surface area contributed by atoms with Crippen LogP contribution in [-0.4, -0.2) is 53.3 Å². The van der Waals surface area contributed by atoms with Gasteiger partial charge in [0.15, 0.2) is 6.54 Å². The highest BCUT2D eigenvalue weighted by molar-refractivity contribution is 5.96. The third-order valence-electron chi connectivity index (χ3n) is 4.99. The van der Waals surface area contributed by atoms with Gasteiger partial charge in [0.1, 0.15) is 24.1 Å². The van der Waals surface area contributed by atoms with Gasteiger partial charge in [0.25, 0.3) is 6.33 Å². The molecule has 1 amide bonds. The van der Waals surface area contributed by atoms with E-state index in [2.05, 4.69) is 15.4 Å². The monoisotopic (exact) mass is 574 g/mol. The highest BCUT2D eigenvalue weighted by Gasteiger charge is 2.24. The number of nitrogens with one attached hydrogen (secondary N) is 1. The maximum atomic E-state index is 13.8. The molecule has 2 aromatic heterocycles. The number of carbonyl (C=O) groups is 3. The molecule has 11 nitrogen and oxygen atoms in total. The molecule has 0 bridgehead atoms. The number of benzene rings is 1. The molecule has 206 valence electrons. The first kappa shape index (κ1) is 32.3. The standard InChI is InChI=1S/C23H25F2N6O5.2ClH/c1-15(30-13-28-31(14-30)11-20(32)18-9-17(24)6-7-19(18)25)36-23(34)29(3)22-16(5-4-8-27-22)12-35-21(33)10-26-2;;/h4-9,13-15,26H,10-12H2,1-3H3;2*1H/q+1;;/p-1. The molecule has 2 heterocycles. The fraction of sp³-hybridized carbons (Fsp3) is 0.304. The maximum absolute atomic E-state index is 13.8. The van der Waals surface area contributed by atoms with Crippen LogP contribution in [0.3, 0.4) is 0 Å². The Labute approximate surface area is 229 Å². The van der Waals surface area contributed by atoms with Crippen molar-refractivity contribution < 1.29 is 49.6 Å². The summed E-state index contributed by atoms with van der Waals surface area (Å²) >= 11 is 0. The number of nitrogens with zero attached hydrogens (tertiary/aromatic N) is 5. The summed E-state index contributed by atoms with van der Waals surface area (Å²) in [6.07, 6.45) is 2.61. The number of likely N-dealkylation sites (N-methyl/N-ethyl adjacent to an activating group) is 1. The summed E-state index contributed by atoms with van der Waals surface area (Å²) in [4.78, 5) is 42.1. The fourth-order valence-corrected chi connectivity index (χ4v) is 3.12. The molecule has 3 rings (SSSR count). The van der Waals surface area contributed by atoms with Gasteiger partial charge in [0.2, 0.25) is 18.3 Å². The zero-order valence-corrected chi connectivity index (χ0v) is 22.2. The minimum absolute atomic E-state index is 0. The van der Waals surface area contributed by atoms with Crippen LogP contribution >= 0.6 is 12.4 Å². The average Bonchev–Trinajstić information content (AvgIpc) is 3.32. The van der Waals surface area contributed by atoms with Gasteiger partial charge in [-0.1, -0.05) is 6.07 Å². The Kier molecular flexibility index (Phi) is 12.7. The Bertz CT molecular complexity index is 1260. The highest BCUT2D eigenvalue weighted by atomic mass is 35.5. The molecule has 3 aromatic rings. The minimum atomic E-state index is -0.838. The van der Waals surface area contributed by atoms with Crippen molar-refractivity contribution >= 4 is 36.1 Å². The predicted octanol–water partition coefficient (Wildman–Crippen LogP) is -0.793. The predicted molar refractivity (Wildman–Crippen MR) is 128 cm³/mol. The number of halogens is 4. The van der Waals surface area contributed by atoms with E-state index in [4.69, 9.17) is 9.47 Å². The van der Waals surface area contributed by atoms with Crippen LogP contribution in [0.4, 0.5) is 19.4 Å². The lowest BCUT2D eigenvalue weighted by molar-refractivity contribution is -0.753. The first-order valence-corrected chi connectivity index (χ1v) is 10.8. The largest absolute Gasteiger partial charge is 1.00 e. The summed E-state index contributed by atoms with van der Waals surface area (Å²) in [5.41, 5.74) is 0.110. The average molecular weight is 575 g/mol. The van der Waals surface area contributed by atoms with Crippen LogP contribution in [0.1, 0.15) is 29.1 Å². The van der Waals surface area contributed by atoms with E-state index in [1.807, 2.05) is 0 Å². The van der Waals surface area contributed by atoms with Crippen LogP contribution < -0.4 is 27.2 Å². The molecular formula is C23H26Cl2F2N6O5. The molecule has 1 unspecified atom stereocenters. The van der Waals surface area contributed by atoms with Crippen molar-refractivity contribution in [2.24, 2.45) is 0 Å². The quantitative estimate of drug-likeness (QED) is 0.190. The summed E-state index contributed by atoms with van der Waals surface area (Å²) in [6, 6.07) is 5.94. The number of hydrogen-bond acceptors (Lipinski definition) is 8. The van der Waals surface area contributed by atoms with Gasteiger partial charge in [0, 0.05) is 30.8 Å². The maximum Gasteiger partial charge on any atom is 0.418 e. The van der Waals surface area contributed by atoms with Crippen LogP contribution in [0.5, 0.6) is 0 Å². The Balaban J connectivity index is 0.00000361. The number of anilines is 1. The molecule has 0 saturated carbocycles. The number of esters is 1. The lowest BCUT2D eigenvalue weighted by Gasteiger charge is -2.20. The van der Waals surface area contributed by atoms with E-state index in [9.17, 15) is 23.2 Å². The zero-order valence-electron chi connectivity index (χ0n) is 20.6. The second-order valence-electron chi connectivity index (χ2n) is 7.66. The molecule has 0 radical (unpaired) electrons. The Hall–Kier alpha value is -3.68. The van der Waals surface area contributed by atoms with E-state index in [1.54, 1.807) is 26.1 Å². The minimum Gasteiger partial charge on any atom is -1.00 e. The van der Waals surface area contributed by atoms with Gasteiger partial charge in [-0.05, 0) is 31.3 Å². The number of ketones is 1. The molecule has 0 aliphatic heterocycles. The number of amides is 1. The van der Waals surface area contributed by atoms with Gasteiger partial charge >= 0.3 is 12.1 Å². The first-order valence-electron chi connectivity index (χ1n) is 10.8. The molecule has 1 aromatic carbocycles. The number of Topliss-reactive ketones (excluding diaryl/α,β-unsaturated/α-hetero) is 1. The van der Waals surface area contributed by atoms with Gasteiger partial charge in [-0.15, -0.1) is 17.1 Å². The smallest absolute Gasteiger partial charge is 0.418 e. The topological polar surface area (TPSA) is 120 Å². The van der Waals surface area contributed by atoms with E-state index in [0.717, 1.165) is 18.2 Å². The summed E-state index contributed by atoms with van der Waals surface area (Å²) in [6.45, 7) is 1.18. The fourth-order valence-electron chi connectivity index (χ4n) is 3.12. The number of carbonyl (C=O) groups excluding carboxylic acids is 3. The molecule has 1 N–H and O–H groups in total. The summed E-state index contributed by atoms with van der Waals surface area (Å²) in [7, 11) is 3.07. The number of aromatic nitrogens is 4. The van der Waals surface area contributed by atoms with E-state index >= 15 is 0 Å². The molecule has 0 aliphatic carbocycles. The van der Waals surface area contributed by atoms with E-state index in [-0.39, 0.29) is 55.9 Å². The molecule has 0 saturated heterocycles. The van der Waals surface area contributed by atoms with Gasteiger partial charge in [0.05, 0.1) is 12.1 Å². The van der Waals surface area contributed by atoms with Crippen LogP contribution in [0.25, 0.3) is 0 Å². The highest BCUT2D eigenvalue weighted by Crippen LogP contribution is 2.19. The van der Waals surface area contributed by atoms with Gasteiger partial charge in [-0.3, -0.25) is 14.5 Å². The van der Waals surface area contributed by atoms with Gasteiger partial charge in [-0.2, -0.15) is 4.57 Å². The summed E-state index contributed by atoms with van der Waals surface area (Å²) in [5, 5.41) is 6.69. The summed E-state index contributed by atoms with van der Waals surface area (Å²) in [5.74, 6) is -2.46.